The van der Waals surface area contributed by atoms with Crippen molar-refractivity contribution in [1.29, 1.82) is 0 Å². The number of hydrogen-bond donors (Lipinski definition) is 2. The van der Waals surface area contributed by atoms with E-state index in [-0.39, 0.29) is 19.1 Å². The minimum Gasteiger partial charge on any atom is -0.486 e. The van der Waals surface area contributed by atoms with Crippen LogP contribution in [0, 0.1) is 13.8 Å². The number of nitrogens with one attached hydrogen (secondary N) is 2. The summed E-state index contributed by atoms with van der Waals surface area (Å²) in [6.07, 6.45) is 0. The maximum atomic E-state index is 12.7. The third-order valence-electron chi connectivity index (χ3n) is 4.54. The first-order valence-corrected chi connectivity index (χ1v) is 9.05. The third kappa shape index (κ3) is 3.59. The summed E-state index contributed by atoms with van der Waals surface area (Å²) < 4.78 is 7.75. The van der Waals surface area contributed by atoms with E-state index >= 15 is 0 Å². The van der Waals surface area contributed by atoms with Crippen LogP contribution in [0.3, 0.4) is 0 Å². The third-order valence-corrected chi connectivity index (χ3v) is 4.54. The van der Waals surface area contributed by atoms with Gasteiger partial charge in [-0.1, -0.05) is 30.3 Å². The van der Waals surface area contributed by atoms with E-state index in [0.717, 1.165) is 33.9 Å². The SMILES string of the molecule is Cc1n[nH]c(C)c1NC(=O)Cn1c(COc2ccccc2)nc2ccccc21. The fraction of sp³-hybridized carbons (Fsp3) is 0.190. The number of aromatic amines is 1. The first-order valence-electron chi connectivity index (χ1n) is 9.05. The van der Waals surface area contributed by atoms with Crippen molar-refractivity contribution in [3.63, 3.8) is 0 Å². The number of aromatic nitrogens is 4. The number of carbonyl (C=O) groups excluding carboxylic acids is 1. The molecule has 0 aliphatic heterocycles. The molecule has 4 rings (SSSR count). The number of amides is 1. The van der Waals surface area contributed by atoms with E-state index in [0.29, 0.717) is 5.82 Å². The number of para-hydroxylation sites is 3. The molecular formula is C21H21N5O2. The van der Waals surface area contributed by atoms with Crippen molar-refractivity contribution in [2.45, 2.75) is 27.0 Å². The minimum atomic E-state index is -0.142. The van der Waals surface area contributed by atoms with Gasteiger partial charge < -0.3 is 14.6 Å². The van der Waals surface area contributed by atoms with Gasteiger partial charge in [0.15, 0.2) is 0 Å². The van der Waals surface area contributed by atoms with E-state index in [1.165, 1.54) is 0 Å². The fourth-order valence-corrected chi connectivity index (χ4v) is 3.13. The summed E-state index contributed by atoms with van der Waals surface area (Å²) in [4.78, 5) is 17.4. The van der Waals surface area contributed by atoms with E-state index in [1.807, 2.05) is 73.0 Å². The van der Waals surface area contributed by atoms with Crippen molar-refractivity contribution >= 4 is 22.6 Å². The number of carbonyl (C=O) groups is 1. The van der Waals surface area contributed by atoms with Crippen LogP contribution >= 0.6 is 0 Å². The van der Waals surface area contributed by atoms with Gasteiger partial charge in [-0.2, -0.15) is 5.10 Å². The molecule has 0 spiro atoms. The summed E-state index contributed by atoms with van der Waals surface area (Å²) in [6.45, 7) is 4.14. The van der Waals surface area contributed by atoms with Crippen LogP contribution in [0.1, 0.15) is 17.2 Å². The lowest BCUT2D eigenvalue weighted by Gasteiger charge is -2.11. The second-order valence-electron chi connectivity index (χ2n) is 6.56. The molecule has 1 amide bonds. The van der Waals surface area contributed by atoms with E-state index in [2.05, 4.69) is 20.5 Å². The van der Waals surface area contributed by atoms with Crippen molar-refractivity contribution in [3.8, 4) is 5.75 Å². The van der Waals surface area contributed by atoms with Crippen LogP contribution < -0.4 is 10.1 Å². The Labute approximate surface area is 162 Å². The van der Waals surface area contributed by atoms with E-state index in [1.54, 1.807) is 0 Å². The van der Waals surface area contributed by atoms with Gasteiger partial charge >= 0.3 is 0 Å². The van der Waals surface area contributed by atoms with Crippen molar-refractivity contribution in [3.05, 3.63) is 71.8 Å². The zero-order valence-electron chi connectivity index (χ0n) is 15.8. The molecule has 0 saturated heterocycles. The number of rotatable bonds is 6. The van der Waals surface area contributed by atoms with Crippen LogP contribution in [0.15, 0.2) is 54.6 Å². The Morgan fingerprint density at radius 2 is 1.86 bits per heavy atom. The number of H-pyrrole nitrogens is 1. The van der Waals surface area contributed by atoms with Gasteiger partial charge in [0.25, 0.3) is 0 Å². The molecule has 7 nitrogen and oxygen atoms in total. The topological polar surface area (TPSA) is 84.8 Å². The number of aryl methyl sites for hydroxylation is 2. The molecular weight excluding hydrogens is 354 g/mol. The Hall–Kier alpha value is -3.61. The van der Waals surface area contributed by atoms with Crippen molar-refractivity contribution in [1.82, 2.24) is 19.7 Å². The summed E-state index contributed by atoms with van der Waals surface area (Å²) >= 11 is 0. The second-order valence-corrected chi connectivity index (χ2v) is 6.56. The molecule has 2 aromatic carbocycles. The maximum Gasteiger partial charge on any atom is 0.244 e. The number of benzene rings is 2. The van der Waals surface area contributed by atoms with Crippen LogP contribution in [0.4, 0.5) is 5.69 Å². The summed E-state index contributed by atoms with van der Waals surface area (Å²) in [7, 11) is 0. The summed E-state index contributed by atoms with van der Waals surface area (Å²) in [5.74, 6) is 1.31. The van der Waals surface area contributed by atoms with Gasteiger partial charge in [0.1, 0.15) is 24.7 Å². The zero-order chi connectivity index (χ0) is 19.5. The normalized spacial score (nSPS) is 10.9. The van der Waals surface area contributed by atoms with E-state index < -0.39 is 0 Å². The molecule has 28 heavy (non-hydrogen) atoms. The van der Waals surface area contributed by atoms with Gasteiger partial charge in [-0.25, -0.2) is 4.98 Å². The van der Waals surface area contributed by atoms with Crippen LogP contribution in [-0.2, 0) is 17.9 Å². The average molecular weight is 375 g/mol. The Kier molecular flexibility index (Phi) is 4.80. The predicted octanol–water partition coefficient (Wildman–Crippen LogP) is 3.59. The Balaban J connectivity index is 1.58. The highest BCUT2D eigenvalue weighted by atomic mass is 16.5. The lowest BCUT2D eigenvalue weighted by atomic mass is 10.3. The Bertz CT molecular complexity index is 1090. The highest BCUT2D eigenvalue weighted by molar-refractivity contribution is 5.92. The van der Waals surface area contributed by atoms with Crippen LogP contribution in [0.25, 0.3) is 11.0 Å². The molecule has 7 heteroatoms. The highest BCUT2D eigenvalue weighted by Crippen LogP contribution is 2.20. The minimum absolute atomic E-state index is 0.137. The van der Waals surface area contributed by atoms with Crippen molar-refractivity contribution in [2.75, 3.05) is 5.32 Å². The lowest BCUT2D eigenvalue weighted by Crippen LogP contribution is -2.21. The summed E-state index contributed by atoms with van der Waals surface area (Å²) in [5.41, 5.74) is 4.03. The number of imidazole rings is 1. The molecule has 142 valence electrons. The van der Waals surface area contributed by atoms with E-state index in [4.69, 9.17) is 4.74 Å². The monoisotopic (exact) mass is 375 g/mol. The smallest absolute Gasteiger partial charge is 0.244 e. The molecule has 2 N–H and O–H groups in total. The van der Waals surface area contributed by atoms with Crippen LogP contribution in [-0.4, -0.2) is 25.7 Å². The first-order chi connectivity index (χ1) is 13.6. The molecule has 0 saturated carbocycles. The first kappa shape index (κ1) is 17.8. The van der Waals surface area contributed by atoms with Gasteiger partial charge in [0, 0.05) is 0 Å². The summed E-state index contributed by atoms with van der Waals surface area (Å²) in [6, 6.07) is 17.3. The quantitative estimate of drug-likeness (QED) is 0.539. The predicted molar refractivity (Wildman–Crippen MR) is 107 cm³/mol. The van der Waals surface area contributed by atoms with Crippen LogP contribution in [0.2, 0.25) is 0 Å². The van der Waals surface area contributed by atoms with Gasteiger partial charge in [0.2, 0.25) is 5.91 Å². The molecule has 0 aliphatic rings. The Morgan fingerprint density at radius 1 is 1.11 bits per heavy atom. The number of hydrogen-bond acceptors (Lipinski definition) is 4. The molecule has 0 aliphatic carbocycles. The Morgan fingerprint density at radius 3 is 2.61 bits per heavy atom. The largest absolute Gasteiger partial charge is 0.486 e. The molecule has 0 radical (unpaired) electrons. The molecule has 0 atom stereocenters. The molecule has 2 heterocycles. The standard InChI is InChI=1S/C21H21N5O2/c1-14-21(15(2)25-24-14)23-20(27)12-26-18-11-7-6-10-17(18)22-19(26)13-28-16-8-4-3-5-9-16/h3-11H,12-13H2,1-2H3,(H,23,27)(H,24,25). The van der Waals surface area contributed by atoms with Crippen LogP contribution in [0.5, 0.6) is 5.75 Å². The van der Waals surface area contributed by atoms with Crippen molar-refractivity contribution < 1.29 is 9.53 Å². The average Bonchev–Trinajstić information content (AvgIpc) is 3.22. The molecule has 0 fully saturated rings. The van der Waals surface area contributed by atoms with Gasteiger partial charge in [-0.15, -0.1) is 0 Å². The van der Waals surface area contributed by atoms with Gasteiger partial charge in [0.05, 0.1) is 28.1 Å². The molecule has 0 unspecified atom stereocenters. The summed E-state index contributed by atoms with van der Waals surface area (Å²) in [5, 5.41) is 9.94. The number of fused-ring (bicyclic) bond motifs is 1. The zero-order valence-corrected chi connectivity index (χ0v) is 15.8. The van der Waals surface area contributed by atoms with Crippen molar-refractivity contribution in [2.24, 2.45) is 0 Å². The lowest BCUT2D eigenvalue weighted by molar-refractivity contribution is -0.116. The number of ether oxygens (including phenoxy) is 1. The molecule has 0 bridgehead atoms. The van der Waals surface area contributed by atoms with Gasteiger partial charge in [-0.3, -0.25) is 9.89 Å². The molecule has 2 aromatic heterocycles. The fourth-order valence-electron chi connectivity index (χ4n) is 3.13. The maximum absolute atomic E-state index is 12.7. The second kappa shape index (κ2) is 7.56. The molecule has 4 aromatic rings. The van der Waals surface area contributed by atoms with Gasteiger partial charge in [-0.05, 0) is 38.1 Å². The van der Waals surface area contributed by atoms with E-state index in [9.17, 15) is 4.79 Å². The number of nitrogens with zero attached hydrogens (tertiary/aromatic N) is 3. The number of anilines is 1. The highest BCUT2D eigenvalue weighted by Gasteiger charge is 2.16.